The molecule has 19 heavy (non-hydrogen) atoms. The van der Waals surface area contributed by atoms with Crippen LogP contribution >= 0.6 is 0 Å². The molecule has 3 rings (SSSR count). The molecule has 1 aromatic rings. The maximum atomic E-state index is 5.87. The highest BCUT2D eigenvalue weighted by molar-refractivity contribution is 5.44. The first kappa shape index (κ1) is 12.8. The van der Waals surface area contributed by atoms with Crippen LogP contribution in [-0.4, -0.2) is 20.3 Å². The van der Waals surface area contributed by atoms with Crippen LogP contribution in [0.4, 0.5) is 0 Å². The first-order valence-corrected chi connectivity index (χ1v) is 7.34. The monoisotopic (exact) mass is 261 g/mol. The van der Waals surface area contributed by atoms with E-state index in [1.165, 1.54) is 24.8 Å². The molecule has 0 bridgehead atoms. The van der Waals surface area contributed by atoms with Crippen LogP contribution < -0.4 is 14.8 Å². The Balaban J connectivity index is 1.83. The number of hydrogen-bond acceptors (Lipinski definition) is 3. The van der Waals surface area contributed by atoms with E-state index in [2.05, 4.69) is 30.4 Å². The lowest BCUT2D eigenvalue weighted by Crippen LogP contribution is -2.29. The van der Waals surface area contributed by atoms with Gasteiger partial charge in [-0.05, 0) is 43.5 Å². The SMILES string of the molecule is CNC(c1ccc2c(c1)OCC(C)CO2)C1CCC1. The van der Waals surface area contributed by atoms with Gasteiger partial charge in [-0.3, -0.25) is 0 Å². The molecule has 104 valence electrons. The van der Waals surface area contributed by atoms with E-state index in [1.54, 1.807) is 0 Å². The minimum absolute atomic E-state index is 0.447. The molecule has 0 spiro atoms. The van der Waals surface area contributed by atoms with Gasteiger partial charge in [-0.2, -0.15) is 0 Å². The van der Waals surface area contributed by atoms with Crippen molar-refractivity contribution in [3.8, 4) is 11.5 Å². The number of hydrogen-bond donors (Lipinski definition) is 1. The molecule has 0 amide bonds. The standard InChI is InChI=1S/C16H23NO2/c1-11-9-18-14-7-6-13(8-15(14)19-10-11)16(17-2)12-4-3-5-12/h6-8,11-12,16-17H,3-5,9-10H2,1-2H3. The van der Waals surface area contributed by atoms with Crippen molar-refractivity contribution in [2.45, 2.75) is 32.2 Å². The highest BCUT2D eigenvalue weighted by Crippen LogP contribution is 2.40. The molecule has 1 aliphatic heterocycles. The highest BCUT2D eigenvalue weighted by atomic mass is 16.5. The van der Waals surface area contributed by atoms with Gasteiger partial charge in [-0.25, -0.2) is 0 Å². The van der Waals surface area contributed by atoms with E-state index in [0.717, 1.165) is 30.6 Å². The van der Waals surface area contributed by atoms with E-state index in [-0.39, 0.29) is 0 Å². The second kappa shape index (κ2) is 5.41. The summed E-state index contributed by atoms with van der Waals surface area (Å²) in [6.45, 7) is 3.63. The van der Waals surface area contributed by atoms with E-state index in [9.17, 15) is 0 Å². The zero-order valence-corrected chi connectivity index (χ0v) is 11.8. The van der Waals surface area contributed by atoms with Crippen LogP contribution in [0.5, 0.6) is 11.5 Å². The van der Waals surface area contributed by atoms with Crippen molar-refractivity contribution in [2.24, 2.45) is 11.8 Å². The molecular weight excluding hydrogens is 238 g/mol. The van der Waals surface area contributed by atoms with Crippen molar-refractivity contribution in [3.63, 3.8) is 0 Å². The van der Waals surface area contributed by atoms with Gasteiger partial charge in [0, 0.05) is 12.0 Å². The predicted molar refractivity (Wildman–Crippen MR) is 75.7 cm³/mol. The van der Waals surface area contributed by atoms with Crippen LogP contribution in [0.25, 0.3) is 0 Å². The molecule has 1 heterocycles. The molecule has 3 nitrogen and oxygen atoms in total. The van der Waals surface area contributed by atoms with E-state index >= 15 is 0 Å². The zero-order valence-electron chi connectivity index (χ0n) is 11.8. The molecule has 0 saturated heterocycles. The summed E-state index contributed by atoms with van der Waals surface area (Å²) in [7, 11) is 2.05. The van der Waals surface area contributed by atoms with Crippen LogP contribution in [0.3, 0.4) is 0 Å². The summed E-state index contributed by atoms with van der Waals surface area (Å²) in [5.74, 6) is 3.01. The normalized spacial score (nSPS) is 24.4. The first-order valence-electron chi connectivity index (χ1n) is 7.34. The van der Waals surface area contributed by atoms with E-state index in [1.807, 2.05) is 7.05 Å². The third-order valence-corrected chi connectivity index (χ3v) is 4.31. The summed E-state index contributed by atoms with van der Waals surface area (Å²) in [5, 5.41) is 3.46. The lowest BCUT2D eigenvalue weighted by atomic mass is 9.77. The van der Waals surface area contributed by atoms with Crippen molar-refractivity contribution >= 4 is 0 Å². The Bertz CT molecular complexity index is 442. The molecule has 1 N–H and O–H groups in total. The Labute approximate surface area is 115 Å². The van der Waals surface area contributed by atoms with Crippen LogP contribution in [0.2, 0.25) is 0 Å². The summed E-state index contributed by atoms with van der Waals surface area (Å²) in [6.07, 6.45) is 4.03. The van der Waals surface area contributed by atoms with E-state index in [4.69, 9.17) is 9.47 Å². The van der Waals surface area contributed by atoms with Crippen LogP contribution in [0.1, 0.15) is 37.8 Å². The van der Waals surface area contributed by atoms with E-state index < -0.39 is 0 Å². The second-order valence-electron chi connectivity index (χ2n) is 5.89. The Kier molecular flexibility index (Phi) is 3.65. The van der Waals surface area contributed by atoms with E-state index in [0.29, 0.717) is 12.0 Å². The van der Waals surface area contributed by atoms with Crippen molar-refractivity contribution in [1.29, 1.82) is 0 Å². The number of ether oxygens (including phenoxy) is 2. The highest BCUT2D eigenvalue weighted by Gasteiger charge is 2.28. The minimum Gasteiger partial charge on any atom is -0.489 e. The molecule has 3 heteroatoms. The van der Waals surface area contributed by atoms with Crippen molar-refractivity contribution in [1.82, 2.24) is 5.32 Å². The lowest BCUT2D eigenvalue weighted by Gasteiger charge is -2.34. The molecule has 2 atom stereocenters. The molecule has 2 unspecified atom stereocenters. The molecule has 1 aliphatic carbocycles. The average molecular weight is 261 g/mol. The average Bonchev–Trinajstić information content (AvgIpc) is 2.55. The maximum absolute atomic E-state index is 5.87. The van der Waals surface area contributed by atoms with Crippen molar-refractivity contribution < 1.29 is 9.47 Å². The second-order valence-corrected chi connectivity index (χ2v) is 5.89. The molecular formula is C16H23NO2. The molecule has 1 fully saturated rings. The maximum Gasteiger partial charge on any atom is 0.161 e. The third-order valence-electron chi connectivity index (χ3n) is 4.31. The molecule has 1 saturated carbocycles. The van der Waals surface area contributed by atoms with Crippen LogP contribution in [0.15, 0.2) is 18.2 Å². The summed E-state index contributed by atoms with van der Waals surface area (Å²) >= 11 is 0. The third kappa shape index (κ3) is 2.57. The topological polar surface area (TPSA) is 30.5 Å². The Morgan fingerprint density at radius 2 is 1.89 bits per heavy atom. The quantitative estimate of drug-likeness (QED) is 0.906. The van der Waals surface area contributed by atoms with Crippen LogP contribution in [0, 0.1) is 11.8 Å². The first-order chi connectivity index (χ1) is 9.28. The summed E-state index contributed by atoms with van der Waals surface area (Å²) < 4.78 is 11.7. The fourth-order valence-electron chi connectivity index (χ4n) is 2.91. The van der Waals surface area contributed by atoms with Gasteiger partial charge in [-0.1, -0.05) is 19.4 Å². The van der Waals surface area contributed by atoms with Crippen molar-refractivity contribution in [2.75, 3.05) is 20.3 Å². The van der Waals surface area contributed by atoms with Crippen LogP contribution in [-0.2, 0) is 0 Å². The predicted octanol–water partition coefficient (Wildman–Crippen LogP) is 3.15. The summed E-state index contributed by atoms with van der Waals surface area (Å²) in [5.41, 5.74) is 1.32. The Morgan fingerprint density at radius 3 is 2.53 bits per heavy atom. The fourth-order valence-corrected chi connectivity index (χ4v) is 2.91. The van der Waals surface area contributed by atoms with Gasteiger partial charge in [-0.15, -0.1) is 0 Å². The molecule has 2 aliphatic rings. The zero-order chi connectivity index (χ0) is 13.2. The molecule has 1 aromatic carbocycles. The van der Waals surface area contributed by atoms with Gasteiger partial charge in [0.05, 0.1) is 13.2 Å². The summed E-state index contributed by atoms with van der Waals surface area (Å²) in [6, 6.07) is 6.85. The lowest BCUT2D eigenvalue weighted by molar-refractivity contribution is 0.227. The number of benzene rings is 1. The number of rotatable bonds is 3. The van der Waals surface area contributed by atoms with Gasteiger partial charge in [0.25, 0.3) is 0 Å². The van der Waals surface area contributed by atoms with Gasteiger partial charge >= 0.3 is 0 Å². The molecule has 0 radical (unpaired) electrons. The minimum atomic E-state index is 0.447. The fraction of sp³-hybridized carbons (Fsp3) is 0.625. The Hall–Kier alpha value is -1.22. The summed E-state index contributed by atoms with van der Waals surface area (Å²) in [4.78, 5) is 0. The number of nitrogens with one attached hydrogen (secondary N) is 1. The van der Waals surface area contributed by atoms with Gasteiger partial charge in [0.1, 0.15) is 0 Å². The van der Waals surface area contributed by atoms with Gasteiger partial charge in [0.2, 0.25) is 0 Å². The largest absolute Gasteiger partial charge is 0.489 e. The van der Waals surface area contributed by atoms with Gasteiger partial charge in [0.15, 0.2) is 11.5 Å². The molecule has 0 aromatic heterocycles. The van der Waals surface area contributed by atoms with Crippen molar-refractivity contribution in [3.05, 3.63) is 23.8 Å². The van der Waals surface area contributed by atoms with Gasteiger partial charge < -0.3 is 14.8 Å². The number of fused-ring (bicyclic) bond motifs is 1. The Morgan fingerprint density at radius 1 is 1.16 bits per heavy atom. The smallest absolute Gasteiger partial charge is 0.161 e.